The van der Waals surface area contributed by atoms with Crippen LogP contribution in [0.5, 0.6) is 5.75 Å². The Bertz CT molecular complexity index is 894. The monoisotopic (exact) mass is 341 g/mol. The molecule has 5 nitrogen and oxygen atoms in total. The number of benzene rings is 1. The van der Waals surface area contributed by atoms with Crippen LogP contribution in [-0.4, -0.2) is 16.3 Å². The standard InChI is InChI=1S/C20H23NO4/c1-15-12-21(18-8-4-3-7-17(15)18)9-5-2-6-10-24-20-14-25-16(13-22)11-19(20)23/h3-4,7-8,11-12,14,22H,2,5-6,9-10,13H2,1H3. The summed E-state index contributed by atoms with van der Waals surface area (Å²) in [6.07, 6.45) is 6.42. The van der Waals surface area contributed by atoms with E-state index in [9.17, 15) is 4.79 Å². The van der Waals surface area contributed by atoms with Gasteiger partial charge >= 0.3 is 0 Å². The summed E-state index contributed by atoms with van der Waals surface area (Å²) in [5, 5.41) is 10.2. The highest BCUT2D eigenvalue weighted by molar-refractivity contribution is 5.83. The van der Waals surface area contributed by atoms with E-state index in [4.69, 9.17) is 14.3 Å². The molecule has 0 radical (unpaired) electrons. The van der Waals surface area contributed by atoms with Crippen LogP contribution in [0.25, 0.3) is 10.9 Å². The number of aliphatic hydroxyl groups is 1. The van der Waals surface area contributed by atoms with Crippen molar-refractivity contribution in [2.75, 3.05) is 6.61 Å². The molecule has 0 spiro atoms. The summed E-state index contributed by atoms with van der Waals surface area (Å²) in [6.45, 7) is 3.31. The van der Waals surface area contributed by atoms with E-state index in [0.717, 1.165) is 25.8 Å². The largest absolute Gasteiger partial charge is 0.487 e. The Balaban J connectivity index is 1.44. The smallest absolute Gasteiger partial charge is 0.227 e. The van der Waals surface area contributed by atoms with Gasteiger partial charge in [-0.05, 0) is 37.8 Å². The van der Waals surface area contributed by atoms with Gasteiger partial charge in [0.25, 0.3) is 0 Å². The van der Waals surface area contributed by atoms with Crippen LogP contribution in [0.1, 0.15) is 30.6 Å². The van der Waals surface area contributed by atoms with E-state index in [1.807, 2.05) is 0 Å². The Morgan fingerprint density at radius 3 is 2.84 bits per heavy atom. The highest BCUT2D eigenvalue weighted by Gasteiger charge is 2.05. The minimum Gasteiger partial charge on any atom is -0.487 e. The SMILES string of the molecule is Cc1cn(CCCCCOc2coc(CO)cc2=O)c2ccccc12. The molecule has 0 aliphatic carbocycles. The number of hydrogen-bond acceptors (Lipinski definition) is 4. The van der Waals surface area contributed by atoms with Crippen molar-refractivity contribution in [1.29, 1.82) is 0 Å². The number of para-hydroxylation sites is 1. The lowest BCUT2D eigenvalue weighted by Crippen LogP contribution is -2.09. The number of hydrogen-bond donors (Lipinski definition) is 1. The number of rotatable bonds is 8. The van der Waals surface area contributed by atoms with Crippen LogP contribution in [0, 0.1) is 6.92 Å². The molecule has 0 atom stereocenters. The number of ether oxygens (including phenoxy) is 1. The van der Waals surface area contributed by atoms with Gasteiger partial charge in [-0.25, -0.2) is 0 Å². The normalized spacial score (nSPS) is 11.1. The number of aryl methyl sites for hydroxylation is 2. The molecule has 5 heteroatoms. The fourth-order valence-corrected chi connectivity index (χ4v) is 2.99. The molecule has 3 aromatic rings. The maximum absolute atomic E-state index is 11.7. The predicted octanol–water partition coefficient (Wildman–Crippen LogP) is 3.64. The molecule has 0 bridgehead atoms. The molecule has 0 aliphatic heterocycles. The molecule has 2 aromatic heterocycles. The van der Waals surface area contributed by atoms with Gasteiger partial charge in [-0.3, -0.25) is 4.79 Å². The molecule has 2 heterocycles. The summed E-state index contributed by atoms with van der Waals surface area (Å²) >= 11 is 0. The first-order valence-electron chi connectivity index (χ1n) is 8.59. The highest BCUT2D eigenvalue weighted by atomic mass is 16.5. The Labute approximate surface area is 146 Å². The third-order valence-electron chi connectivity index (χ3n) is 4.30. The Morgan fingerprint density at radius 2 is 2.04 bits per heavy atom. The first-order valence-corrected chi connectivity index (χ1v) is 8.59. The van der Waals surface area contributed by atoms with E-state index in [2.05, 4.69) is 42.0 Å². The van der Waals surface area contributed by atoms with E-state index >= 15 is 0 Å². The Morgan fingerprint density at radius 1 is 1.20 bits per heavy atom. The molecule has 132 valence electrons. The van der Waals surface area contributed by atoms with Gasteiger partial charge in [-0.2, -0.15) is 0 Å². The quantitative estimate of drug-likeness (QED) is 0.635. The van der Waals surface area contributed by atoms with E-state index in [0.29, 0.717) is 6.61 Å². The molecule has 1 N–H and O–H groups in total. The molecule has 0 aliphatic rings. The number of fused-ring (bicyclic) bond motifs is 1. The van der Waals surface area contributed by atoms with Gasteiger partial charge < -0.3 is 18.8 Å². The summed E-state index contributed by atoms with van der Waals surface area (Å²) in [6, 6.07) is 9.71. The molecule has 0 saturated heterocycles. The van der Waals surface area contributed by atoms with Gasteiger partial charge in [0.2, 0.25) is 11.2 Å². The van der Waals surface area contributed by atoms with Gasteiger partial charge in [-0.15, -0.1) is 0 Å². The number of aromatic nitrogens is 1. The van der Waals surface area contributed by atoms with Crippen LogP contribution in [0.3, 0.4) is 0 Å². The summed E-state index contributed by atoms with van der Waals surface area (Å²) in [4.78, 5) is 11.7. The molecule has 0 amide bonds. The van der Waals surface area contributed by atoms with Gasteiger partial charge in [0.1, 0.15) is 18.6 Å². The van der Waals surface area contributed by atoms with E-state index in [-0.39, 0.29) is 23.5 Å². The third-order valence-corrected chi connectivity index (χ3v) is 4.30. The fraction of sp³-hybridized carbons (Fsp3) is 0.350. The molecular weight excluding hydrogens is 318 g/mol. The van der Waals surface area contributed by atoms with Crippen LogP contribution < -0.4 is 10.2 Å². The summed E-state index contributed by atoms with van der Waals surface area (Å²) in [5.74, 6) is 0.441. The lowest BCUT2D eigenvalue weighted by molar-refractivity contribution is 0.236. The van der Waals surface area contributed by atoms with Crippen LogP contribution >= 0.6 is 0 Å². The zero-order valence-electron chi connectivity index (χ0n) is 14.4. The second-order valence-electron chi connectivity index (χ2n) is 6.16. The molecule has 0 fully saturated rings. The molecule has 0 saturated carbocycles. The molecule has 0 unspecified atom stereocenters. The predicted molar refractivity (Wildman–Crippen MR) is 96.9 cm³/mol. The molecule has 25 heavy (non-hydrogen) atoms. The van der Waals surface area contributed by atoms with Crippen molar-refractivity contribution < 1.29 is 14.3 Å². The maximum atomic E-state index is 11.7. The fourth-order valence-electron chi connectivity index (χ4n) is 2.99. The van der Waals surface area contributed by atoms with Crippen LogP contribution in [-0.2, 0) is 13.2 Å². The van der Waals surface area contributed by atoms with E-state index in [1.54, 1.807) is 0 Å². The second-order valence-corrected chi connectivity index (χ2v) is 6.16. The topological polar surface area (TPSA) is 64.6 Å². The average Bonchev–Trinajstić information content (AvgIpc) is 2.95. The van der Waals surface area contributed by atoms with Gasteiger partial charge in [0.15, 0.2) is 0 Å². The van der Waals surface area contributed by atoms with Crippen molar-refractivity contribution in [3.63, 3.8) is 0 Å². The van der Waals surface area contributed by atoms with Crippen molar-refractivity contribution in [3.05, 3.63) is 64.3 Å². The lowest BCUT2D eigenvalue weighted by atomic mass is 10.2. The highest BCUT2D eigenvalue weighted by Crippen LogP contribution is 2.20. The van der Waals surface area contributed by atoms with E-state index < -0.39 is 0 Å². The summed E-state index contributed by atoms with van der Waals surface area (Å²) in [5.41, 5.74) is 2.32. The van der Waals surface area contributed by atoms with Gasteiger partial charge in [-0.1, -0.05) is 18.2 Å². The van der Waals surface area contributed by atoms with Crippen molar-refractivity contribution in [2.24, 2.45) is 0 Å². The Kier molecular flexibility index (Phi) is 5.56. The average molecular weight is 341 g/mol. The van der Waals surface area contributed by atoms with Crippen molar-refractivity contribution in [3.8, 4) is 5.75 Å². The number of nitrogens with zero attached hydrogens (tertiary/aromatic N) is 1. The lowest BCUT2D eigenvalue weighted by Gasteiger charge is -2.07. The van der Waals surface area contributed by atoms with Crippen LogP contribution in [0.2, 0.25) is 0 Å². The van der Waals surface area contributed by atoms with Crippen molar-refractivity contribution in [1.82, 2.24) is 4.57 Å². The van der Waals surface area contributed by atoms with Crippen molar-refractivity contribution >= 4 is 10.9 Å². The van der Waals surface area contributed by atoms with Crippen LogP contribution in [0.15, 0.2) is 52.0 Å². The number of unbranched alkanes of at least 4 members (excludes halogenated alkanes) is 2. The minimum atomic E-state index is -0.289. The third kappa shape index (κ3) is 4.12. The first-order chi connectivity index (χ1) is 12.2. The second kappa shape index (κ2) is 8.03. The zero-order valence-corrected chi connectivity index (χ0v) is 14.4. The van der Waals surface area contributed by atoms with Crippen LogP contribution in [0.4, 0.5) is 0 Å². The Hall–Kier alpha value is -2.53. The van der Waals surface area contributed by atoms with E-state index in [1.165, 1.54) is 28.8 Å². The molecule has 3 rings (SSSR count). The number of aliphatic hydroxyl groups excluding tert-OH is 1. The van der Waals surface area contributed by atoms with Gasteiger partial charge in [0, 0.05) is 29.7 Å². The van der Waals surface area contributed by atoms with Gasteiger partial charge in [0.05, 0.1) is 6.61 Å². The molecular formula is C20H23NO4. The first kappa shape index (κ1) is 17.3. The summed E-state index contributed by atoms with van der Waals surface area (Å²) in [7, 11) is 0. The zero-order chi connectivity index (χ0) is 17.6. The summed E-state index contributed by atoms with van der Waals surface area (Å²) < 4.78 is 12.9. The molecule has 1 aromatic carbocycles. The minimum absolute atomic E-state index is 0.198. The van der Waals surface area contributed by atoms with Crippen molar-refractivity contribution in [2.45, 2.75) is 39.3 Å². The maximum Gasteiger partial charge on any atom is 0.227 e.